The molecule has 124 valence electrons. The number of hydrogen-bond acceptors (Lipinski definition) is 3. The molecule has 0 radical (unpaired) electrons. The van der Waals surface area contributed by atoms with Crippen molar-refractivity contribution in [3.63, 3.8) is 0 Å². The summed E-state index contributed by atoms with van der Waals surface area (Å²) in [5.74, 6) is 0.783. The highest BCUT2D eigenvalue weighted by atomic mass is 32.1. The number of thiazole rings is 1. The van der Waals surface area contributed by atoms with E-state index in [1.54, 1.807) is 11.3 Å². The van der Waals surface area contributed by atoms with Crippen LogP contribution in [-0.2, 0) is 6.42 Å². The third-order valence-electron chi connectivity index (χ3n) is 4.10. The number of aromatic nitrogens is 1. The Morgan fingerprint density at radius 1 is 1.41 bits per heavy atom. The van der Waals surface area contributed by atoms with Gasteiger partial charge in [-0.1, -0.05) is 34.6 Å². The molecular weight excluding hydrogens is 292 g/mol. The Labute approximate surface area is 139 Å². The van der Waals surface area contributed by atoms with E-state index in [0.717, 1.165) is 47.8 Å². The van der Waals surface area contributed by atoms with E-state index in [2.05, 4.69) is 44.5 Å². The summed E-state index contributed by atoms with van der Waals surface area (Å²) < 4.78 is 0. The monoisotopic (exact) mass is 322 g/mol. The van der Waals surface area contributed by atoms with Crippen molar-refractivity contribution in [2.75, 3.05) is 6.54 Å². The molecule has 1 atom stereocenters. The second-order valence-corrected chi connectivity index (χ2v) is 9.26. The summed E-state index contributed by atoms with van der Waals surface area (Å²) in [7, 11) is 0. The SMILES string of the molecule is Cc1nc(CC(C)C)sc1C(=O)N1CCCC1CC(C)(C)C. The van der Waals surface area contributed by atoms with Gasteiger partial charge in [-0.25, -0.2) is 4.98 Å². The summed E-state index contributed by atoms with van der Waals surface area (Å²) in [6.07, 6.45) is 4.31. The Kier molecular flexibility index (Phi) is 5.31. The van der Waals surface area contributed by atoms with Crippen LogP contribution in [0.2, 0.25) is 0 Å². The molecule has 1 aromatic rings. The van der Waals surface area contributed by atoms with Crippen LogP contribution in [0.1, 0.15) is 74.3 Å². The lowest BCUT2D eigenvalue weighted by atomic mass is 9.87. The third-order valence-corrected chi connectivity index (χ3v) is 5.27. The van der Waals surface area contributed by atoms with Crippen LogP contribution in [0.15, 0.2) is 0 Å². The van der Waals surface area contributed by atoms with Gasteiger partial charge in [0.2, 0.25) is 0 Å². The number of hydrogen-bond donors (Lipinski definition) is 0. The zero-order chi connectivity index (χ0) is 16.5. The molecule has 1 aromatic heterocycles. The topological polar surface area (TPSA) is 33.2 Å². The van der Waals surface area contributed by atoms with Gasteiger partial charge in [0, 0.05) is 19.0 Å². The molecule has 1 saturated heterocycles. The van der Waals surface area contributed by atoms with E-state index >= 15 is 0 Å². The minimum atomic E-state index is 0.205. The van der Waals surface area contributed by atoms with E-state index in [1.165, 1.54) is 0 Å². The Balaban J connectivity index is 2.15. The first-order chi connectivity index (χ1) is 10.2. The quantitative estimate of drug-likeness (QED) is 0.805. The molecule has 1 amide bonds. The Hall–Kier alpha value is -0.900. The summed E-state index contributed by atoms with van der Waals surface area (Å²) in [5, 5.41) is 1.10. The van der Waals surface area contributed by atoms with Gasteiger partial charge < -0.3 is 4.90 Å². The maximum atomic E-state index is 13.0. The van der Waals surface area contributed by atoms with Gasteiger partial charge in [-0.2, -0.15) is 0 Å². The summed E-state index contributed by atoms with van der Waals surface area (Å²) in [6, 6.07) is 0.391. The van der Waals surface area contributed by atoms with Crippen LogP contribution in [0.25, 0.3) is 0 Å². The van der Waals surface area contributed by atoms with Crippen LogP contribution in [-0.4, -0.2) is 28.4 Å². The highest BCUT2D eigenvalue weighted by Crippen LogP contribution is 2.32. The maximum Gasteiger partial charge on any atom is 0.266 e. The van der Waals surface area contributed by atoms with Gasteiger partial charge in [0.05, 0.1) is 10.7 Å². The number of nitrogens with zero attached hydrogens (tertiary/aromatic N) is 2. The van der Waals surface area contributed by atoms with Gasteiger partial charge in [-0.3, -0.25) is 4.79 Å². The predicted octanol–water partition coefficient (Wildman–Crippen LogP) is 4.69. The van der Waals surface area contributed by atoms with Gasteiger partial charge in [-0.15, -0.1) is 11.3 Å². The standard InChI is InChI=1S/C18H30N2OS/c1-12(2)10-15-19-13(3)16(22-15)17(21)20-9-7-8-14(20)11-18(4,5)6/h12,14H,7-11H2,1-6H3. The first kappa shape index (κ1) is 17.5. The van der Waals surface area contributed by atoms with Gasteiger partial charge in [-0.05, 0) is 37.5 Å². The minimum absolute atomic E-state index is 0.205. The molecule has 1 aliphatic heterocycles. The van der Waals surface area contributed by atoms with Crippen LogP contribution in [0, 0.1) is 18.3 Å². The smallest absolute Gasteiger partial charge is 0.266 e. The fourth-order valence-corrected chi connectivity index (χ4v) is 4.47. The normalized spacial score (nSPS) is 19.2. The van der Waals surface area contributed by atoms with E-state index in [4.69, 9.17) is 0 Å². The fourth-order valence-electron chi connectivity index (χ4n) is 3.24. The minimum Gasteiger partial charge on any atom is -0.335 e. The molecule has 0 aromatic carbocycles. The van der Waals surface area contributed by atoms with Crippen LogP contribution in [0.3, 0.4) is 0 Å². The molecule has 0 N–H and O–H groups in total. The fraction of sp³-hybridized carbons (Fsp3) is 0.778. The molecular formula is C18H30N2OS. The first-order valence-corrected chi connectivity index (χ1v) is 9.26. The molecule has 1 fully saturated rings. The number of carbonyl (C=O) groups is 1. The van der Waals surface area contributed by atoms with Crippen molar-refractivity contribution in [2.24, 2.45) is 11.3 Å². The van der Waals surface area contributed by atoms with Gasteiger partial charge in [0.25, 0.3) is 5.91 Å². The van der Waals surface area contributed by atoms with Crippen LogP contribution < -0.4 is 0 Å². The molecule has 3 nitrogen and oxygen atoms in total. The zero-order valence-electron chi connectivity index (χ0n) is 14.9. The number of aryl methyl sites for hydroxylation is 1. The van der Waals surface area contributed by atoms with E-state index in [1.807, 2.05) is 6.92 Å². The number of carbonyl (C=O) groups excluding carboxylic acids is 1. The molecule has 0 spiro atoms. The number of amides is 1. The average molecular weight is 323 g/mol. The van der Waals surface area contributed by atoms with Crippen molar-refractivity contribution in [3.8, 4) is 0 Å². The summed E-state index contributed by atoms with van der Waals surface area (Å²) in [5.41, 5.74) is 1.17. The van der Waals surface area contributed by atoms with Gasteiger partial charge in [0.1, 0.15) is 4.88 Å². The average Bonchev–Trinajstić information content (AvgIpc) is 2.92. The highest BCUT2D eigenvalue weighted by molar-refractivity contribution is 7.13. The lowest BCUT2D eigenvalue weighted by molar-refractivity contribution is 0.0708. The van der Waals surface area contributed by atoms with Crippen LogP contribution in [0.5, 0.6) is 0 Å². The lowest BCUT2D eigenvalue weighted by Gasteiger charge is -2.30. The van der Waals surface area contributed by atoms with Crippen molar-refractivity contribution in [1.29, 1.82) is 0 Å². The van der Waals surface area contributed by atoms with Gasteiger partial charge >= 0.3 is 0 Å². The van der Waals surface area contributed by atoms with Crippen molar-refractivity contribution >= 4 is 17.2 Å². The third kappa shape index (κ3) is 4.31. The highest BCUT2D eigenvalue weighted by Gasteiger charge is 2.33. The molecule has 2 heterocycles. The maximum absolute atomic E-state index is 13.0. The number of likely N-dealkylation sites (tertiary alicyclic amines) is 1. The predicted molar refractivity (Wildman–Crippen MR) is 93.5 cm³/mol. The van der Waals surface area contributed by atoms with E-state index in [-0.39, 0.29) is 11.3 Å². The largest absolute Gasteiger partial charge is 0.335 e. The van der Waals surface area contributed by atoms with Crippen molar-refractivity contribution < 1.29 is 4.79 Å². The molecule has 0 bridgehead atoms. The molecule has 22 heavy (non-hydrogen) atoms. The summed E-state index contributed by atoms with van der Waals surface area (Å²) in [4.78, 5) is 20.5. The van der Waals surface area contributed by atoms with Crippen molar-refractivity contribution in [3.05, 3.63) is 15.6 Å². The Bertz CT molecular complexity index is 528. The lowest BCUT2D eigenvalue weighted by Crippen LogP contribution is -2.37. The molecule has 1 aliphatic rings. The van der Waals surface area contributed by atoms with Crippen molar-refractivity contribution in [2.45, 2.75) is 73.3 Å². The van der Waals surface area contributed by atoms with Crippen LogP contribution in [0.4, 0.5) is 0 Å². The van der Waals surface area contributed by atoms with E-state index < -0.39 is 0 Å². The zero-order valence-corrected chi connectivity index (χ0v) is 15.7. The number of rotatable bonds is 4. The Morgan fingerprint density at radius 3 is 2.68 bits per heavy atom. The summed E-state index contributed by atoms with van der Waals surface area (Å²) in [6.45, 7) is 14.0. The van der Waals surface area contributed by atoms with Gasteiger partial charge in [0.15, 0.2) is 0 Å². The van der Waals surface area contributed by atoms with Crippen LogP contribution >= 0.6 is 11.3 Å². The molecule has 0 aliphatic carbocycles. The molecule has 2 rings (SSSR count). The first-order valence-electron chi connectivity index (χ1n) is 8.44. The molecule has 1 unspecified atom stereocenters. The summed E-state index contributed by atoms with van der Waals surface area (Å²) >= 11 is 1.60. The Morgan fingerprint density at radius 2 is 2.09 bits per heavy atom. The molecule has 0 saturated carbocycles. The second-order valence-electron chi connectivity index (χ2n) is 8.18. The van der Waals surface area contributed by atoms with E-state index in [0.29, 0.717) is 12.0 Å². The van der Waals surface area contributed by atoms with Crippen molar-refractivity contribution in [1.82, 2.24) is 9.88 Å². The molecule has 4 heteroatoms. The second kappa shape index (κ2) is 6.69. The van der Waals surface area contributed by atoms with E-state index in [9.17, 15) is 4.79 Å².